The summed E-state index contributed by atoms with van der Waals surface area (Å²) in [6.07, 6.45) is 0.131. The van der Waals surface area contributed by atoms with Crippen LogP contribution in [0, 0.1) is 6.92 Å². The SMILES string of the molecule is Cc1[nH]c2ccccc2c1CC(=O)N[C@H](C(=O)O)c1ccccc1. The number of aliphatic carboxylic acids is 1. The molecule has 0 saturated heterocycles. The van der Waals surface area contributed by atoms with Crippen LogP contribution in [-0.4, -0.2) is 22.0 Å². The van der Waals surface area contributed by atoms with Gasteiger partial charge in [-0.05, 0) is 24.1 Å². The lowest BCUT2D eigenvalue weighted by Crippen LogP contribution is -2.34. The third-order valence-electron chi connectivity index (χ3n) is 4.05. The zero-order valence-corrected chi connectivity index (χ0v) is 13.2. The summed E-state index contributed by atoms with van der Waals surface area (Å²) < 4.78 is 0. The number of nitrogens with one attached hydrogen (secondary N) is 2. The van der Waals surface area contributed by atoms with Crippen molar-refractivity contribution in [2.45, 2.75) is 19.4 Å². The molecule has 0 spiro atoms. The van der Waals surface area contributed by atoms with Gasteiger partial charge in [0, 0.05) is 16.6 Å². The number of H-pyrrole nitrogens is 1. The predicted molar refractivity (Wildman–Crippen MR) is 91.7 cm³/mol. The topological polar surface area (TPSA) is 82.2 Å². The lowest BCUT2D eigenvalue weighted by atomic mass is 10.0. The molecule has 0 bridgehead atoms. The van der Waals surface area contributed by atoms with E-state index in [0.717, 1.165) is 22.2 Å². The van der Waals surface area contributed by atoms with E-state index in [4.69, 9.17) is 0 Å². The Kier molecular flexibility index (Phi) is 4.33. The molecular formula is C19H18N2O3. The molecule has 0 aliphatic heterocycles. The van der Waals surface area contributed by atoms with Crippen LogP contribution in [0.1, 0.15) is 22.9 Å². The number of carboxylic acids is 1. The number of carbonyl (C=O) groups is 2. The summed E-state index contributed by atoms with van der Waals surface area (Å²) in [7, 11) is 0. The van der Waals surface area contributed by atoms with Crippen LogP contribution in [0.25, 0.3) is 10.9 Å². The van der Waals surface area contributed by atoms with E-state index in [1.807, 2.05) is 31.2 Å². The Labute approximate surface area is 139 Å². The molecule has 1 aromatic heterocycles. The Balaban J connectivity index is 1.81. The van der Waals surface area contributed by atoms with E-state index in [1.54, 1.807) is 30.3 Å². The van der Waals surface area contributed by atoms with Gasteiger partial charge in [-0.1, -0.05) is 48.5 Å². The van der Waals surface area contributed by atoms with Crippen molar-refractivity contribution in [3.63, 3.8) is 0 Å². The van der Waals surface area contributed by atoms with E-state index in [0.29, 0.717) is 5.56 Å². The van der Waals surface area contributed by atoms with E-state index in [9.17, 15) is 14.7 Å². The third-order valence-corrected chi connectivity index (χ3v) is 4.05. The van der Waals surface area contributed by atoms with Crippen LogP contribution >= 0.6 is 0 Å². The number of carboxylic acid groups (broad SMARTS) is 1. The highest BCUT2D eigenvalue weighted by Crippen LogP contribution is 2.22. The van der Waals surface area contributed by atoms with Crippen LogP contribution < -0.4 is 5.32 Å². The average Bonchev–Trinajstić information content (AvgIpc) is 2.89. The molecule has 0 fully saturated rings. The molecule has 3 aromatic rings. The van der Waals surface area contributed by atoms with Crippen molar-refractivity contribution in [2.24, 2.45) is 0 Å². The zero-order valence-electron chi connectivity index (χ0n) is 13.2. The minimum atomic E-state index is -1.08. The first-order valence-electron chi connectivity index (χ1n) is 7.69. The second kappa shape index (κ2) is 6.58. The van der Waals surface area contributed by atoms with Crippen LogP contribution in [0.2, 0.25) is 0 Å². The number of aromatic nitrogens is 1. The number of rotatable bonds is 5. The molecule has 1 heterocycles. The van der Waals surface area contributed by atoms with Crippen molar-refractivity contribution in [2.75, 3.05) is 0 Å². The normalized spacial score (nSPS) is 12.0. The van der Waals surface area contributed by atoms with Gasteiger partial charge in [-0.2, -0.15) is 0 Å². The van der Waals surface area contributed by atoms with E-state index < -0.39 is 12.0 Å². The van der Waals surface area contributed by atoms with Gasteiger partial charge >= 0.3 is 5.97 Å². The number of aryl methyl sites for hydroxylation is 1. The first-order chi connectivity index (χ1) is 11.6. The van der Waals surface area contributed by atoms with Crippen LogP contribution in [0.15, 0.2) is 54.6 Å². The Morgan fingerprint density at radius 3 is 2.46 bits per heavy atom. The minimum absolute atomic E-state index is 0.131. The average molecular weight is 322 g/mol. The summed E-state index contributed by atoms with van der Waals surface area (Å²) in [6, 6.07) is 15.4. The number of benzene rings is 2. The molecule has 24 heavy (non-hydrogen) atoms. The van der Waals surface area contributed by atoms with Crippen molar-refractivity contribution in [3.05, 3.63) is 71.4 Å². The largest absolute Gasteiger partial charge is 0.479 e. The van der Waals surface area contributed by atoms with Crippen molar-refractivity contribution < 1.29 is 14.7 Å². The molecule has 5 heteroatoms. The van der Waals surface area contributed by atoms with Crippen molar-refractivity contribution >= 4 is 22.8 Å². The standard InChI is InChI=1S/C19H18N2O3/c1-12-15(14-9-5-6-10-16(14)20-12)11-17(22)21-18(19(23)24)13-7-3-2-4-8-13/h2-10,18,20H,11H2,1H3,(H,21,22)(H,23,24)/t18-/m0/s1. The summed E-state index contributed by atoms with van der Waals surface area (Å²) >= 11 is 0. The molecule has 0 aliphatic carbocycles. The fourth-order valence-electron chi connectivity index (χ4n) is 2.87. The van der Waals surface area contributed by atoms with Crippen LogP contribution in [0.3, 0.4) is 0 Å². The number of aromatic amines is 1. The number of para-hydroxylation sites is 1. The second-order valence-corrected chi connectivity index (χ2v) is 5.70. The number of hydrogen-bond acceptors (Lipinski definition) is 2. The predicted octanol–water partition coefficient (Wildman–Crippen LogP) is 2.96. The van der Waals surface area contributed by atoms with Gasteiger partial charge in [-0.25, -0.2) is 4.79 Å². The van der Waals surface area contributed by atoms with E-state index in [1.165, 1.54) is 0 Å². The smallest absolute Gasteiger partial charge is 0.330 e. The first kappa shape index (κ1) is 15.8. The van der Waals surface area contributed by atoms with Gasteiger partial charge in [0.1, 0.15) is 0 Å². The van der Waals surface area contributed by atoms with Gasteiger partial charge in [0.15, 0.2) is 6.04 Å². The highest BCUT2D eigenvalue weighted by atomic mass is 16.4. The van der Waals surface area contributed by atoms with Crippen molar-refractivity contribution in [1.82, 2.24) is 10.3 Å². The summed E-state index contributed by atoms with van der Waals surface area (Å²) in [6.45, 7) is 1.91. The highest BCUT2D eigenvalue weighted by Gasteiger charge is 2.22. The molecule has 2 aromatic carbocycles. The van der Waals surface area contributed by atoms with E-state index >= 15 is 0 Å². The number of carbonyl (C=O) groups excluding carboxylic acids is 1. The maximum absolute atomic E-state index is 12.4. The van der Waals surface area contributed by atoms with Gasteiger partial charge in [-0.15, -0.1) is 0 Å². The fourth-order valence-corrected chi connectivity index (χ4v) is 2.87. The second-order valence-electron chi connectivity index (χ2n) is 5.70. The van der Waals surface area contributed by atoms with Crippen molar-refractivity contribution in [3.8, 4) is 0 Å². The Morgan fingerprint density at radius 2 is 1.75 bits per heavy atom. The number of hydrogen-bond donors (Lipinski definition) is 3. The van der Waals surface area contributed by atoms with Gasteiger partial charge in [-0.3, -0.25) is 4.79 Å². The summed E-state index contributed by atoms with van der Waals surface area (Å²) in [5, 5.41) is 13.0. The molecule has 1 atom stereocenters. The molecule has 5 nitrogen and oxygen atoms in total. The van der Waals surface area contributed by atoms with Crippen LogP contribution in [0.4, 0.5) is 0 Å². The molecule has 0 radical (unpaired) electrons. The summed E-state index contributed by atoms with van der Waals surface area (Å²) in [5.74, 6) is -1.40. The molecular weight excluding hydrogens is 304 g/mol. The fraction of sp³-hybridized carbons (Fsp3) is 0.158. The molecule has 0 unspecified atom stereocenters. The Bertz CT molecular complexity index is 884. The Hall–Kier alpha value is -3.08. The maximum Gasteiger partial charge on any atom is 0.330 e. The molecule has 122 valence electrons. The zero-order chi connectivity index (χ0) is 17.1. The quantitative estimate of drug-likeness (QED) is 0.675. The van der Waals surface area contributed by atoms with Crippen LogP contribution in [-0.2, 0) is 16.0 Å². The molecule has 3 rings (SSSR count). The van der Waals surface area contributed by atoms with Gasteiger partial charge in [0.2, 0.25) is 5.91 Å². The van der Waals surface area contributed by atoms with Crippen LogP contribution in [0.5, 0.6) is 0 Å². The van der Waals surface area contributed by atoms with E-state index in [2.05, 4.69) is 10.3 Å². The van der Waals surface area contributed by atoms with Gasteiger partial charge < -0.3 is 15.4 Å². The van der Waals surface area contributed by atoms with Gasteiger partial charge in [0.25, 0.3) is 0 Å². The monoisotopic (exact) mass is 322 g/mol. The number of fused-ring (bicyclic) bond motifs is 1. The number of amides is 1. The Morgan fingerprint density at radius 1 is 1.08 bits per heavy atom. The lowest BCUT2D eigenvalue weighted by Gasteiger charge is -2.15. The first-order valence-corrected chi connectivity index (χ1v) is 7.69. The van der Waals surface area contributed by atoms with E-state index in [-0.39, 0.29) is 12.3 Å². The summed E-state index contributed by atoms with van der Waals surface area (Å²) in [5.41, 5.74) is 3.32. The van der Waals surface area contributed by atoms with Gasteiger partial charge in [0.05, 0.1) is 6.42 Å². The molecule has 0 saturated carbocycles. The maximum atomic E-state index is 12.4. The molecule has 3 N–H and O–H groups in total. The third kappa shape index (κ3) is 3.15. The molecule has 1 amide bonds. The minimum Gasteiger partial charge on any atom is -0.479 e. The highest BCUT2D eigenvalue weighted by molar-refractivity contribution is 5.91. The lowest BCUT2D eigenvalue weighted by molar-refractivity contribution is -0.141. The summed E-state index contributed by atoms with van der Waals surface area (Å²) in [4.78, 5) is 27.1. The van der Waals surface area contributed by atoms with Crippen molar-refractivity contribution in [1.29, 1.82) is 0 Å². The molecule has 0 aliphatic rings.